The lowest BCUT2D eigenvalue weighted by molar-refractivity contribution is 0.0628. The molecular weight excluding hydrogens is 392 g/mol. The Morgan fingerprint density at radius 2 is 1.03 bits per heavy atom. The van der Waals surface area contributed by atoms with Gasteiger partial charge in [-0.05, 0) is 48.6 Å². The second kappa shape index (κ2) is 16.8. The first-order valence-corrected chi connectivity index (χ1v) is 13.2. The third kappa shape index (κ3) is 10.7. The topological polar surface area (TPSA) is 18.5 Å². The highest BCUT2D eigenvalue weighted by Gasteiger charge is 2.06. The van der Waals surface area contributed by atoms with Gasteiger partial charge < -0.3 is 9.47 Å². The molecule has 2 aromatic rings. The van der Waals surface area contributed by atoms with Gasteiger partial charge in [0.25, 0.3) is 0 Å². The van der Waals surface area contributed by atoms with E-state index in [-0.39, 0.29) is 6.10 Å². The smallest absolute Gasteiger partial charge is 0.119 e. The van der Waals surface area contributed by atoms with Crippen molar-refractivity contribution in [2.45, 2.75) is 104 Å². The molecule has 0 saturated heterocycles. The molecule has 178 valence electrons. The minimum atomic E-state index is 0.151. The third-order valence-electron chi connectivity index (χ3n) is 6.20. The molecular formula is C30H46O2. The summed E-state index contributed by atoms with van der Waals surface area (Å²) in [5.74, 6) is 0.971. The summed E-state index contributed by atoms with van der Waals surface area (Å²) in [5.41, 5.74) is 3.71. The van der Waals surface area contributed by atoms with Crippen LogP contribution in [0.5, 0.6) is 5.75 Å². The van der Waals surface area contributed by atoms with Gasteiger partial charge in [-0.3, -0.25) is 0 Å². The van der Waals surface area contributed by atoms with E-state index in [1.807, 2.05) is 0 Å². The maximum atomic E-state index is 6.00. The SMILES string of the molecule is CCCCCCCCCCOc1ccc(-c2ccc(C(C)OCCCCCC)cc2)cc1. The lowest BCUT2D eigenvalue weighted by atomic mass is 10.0. The number of benzene rings is 2. The monoisotopic (exact) mass is 438 g/mol. The van der Waals surface area contributed by atoms with Gasteiger partial charge >= 0.3 is 0 Å². The highest BCUT2D eigenvalue weighted by Crippen LogP contribution is 2.25. The number of hydrogen-bond acceptors (Lipinski definition) is 2. The van der Waals surface area contributed by atoms with Gasteiger partial charge in [-0.25, -0.2) is 0 Å². The van der Waals surface area contributed by atoms with E-state index < -0.39 is 0 Å². The van der Waals surface area contributed by atoms with Crippen molar-refractivity contribution in [2.75, 3.05) is 13.2 Å². The van der Waals surface area contributed by atoms with Crippen LogP contribution >= 0.6 is 0 Å². The van der Waals surface area contributed by atoms with Crippen molar-refractivity contribution in [1.82, 2.24) is 0 Å². The molecule has 0 amide bonds. The van der Waals surface area contributed by atoms with Crippen LogP contribution in [0.4, 0.5) is 0 Å². The van der Waals surface area contributed by atoms with Crippen LogP contribution in [0.25, 0.3) is 11.1 Å². The zero-order valence-electron chi connectivity index (χ0n) is 20.9. The number of unbranched alkanes of at least 4 members (excludes halogenated alkanes) is 10. The van der Waals surface area contributed by atoms with Crippen LogP contribution in [0.1, 0.15) is 109 Å². The fraction of sp³-hybridized carbons (Fsp3) is 0.600. The van der Waals surface area contributed by atoms with Crippen LogP contribution in [0.15, 0.2) is 48.5 Å². The van der Waals surface area contributed by atoms with Crippen LogP contribution < -0.4 is 4.74 Å². The third-order valence-corrected chi connectivity index (χ3v) is 6.20. The molecule has 2 heteroatoms. The van der Waals surface area contributed by atoms with Crippen molar-refractivity contribution in [1.29, 1.82) is 0 Å². The molecule has 2 rings (SSSR count). The largest absolute Gasteiger partial charge is 0.494 e. The molecule has 32 heavy (non-hydrogen) atoms. The van der Waals surface area contributed by atoms with Crippen molar-refractivity contribution in [3.8, 4) is 16.9 Å². The molecule has 0 spiro atoms. The van der Waals surface area contributed by atoms with Crippen molar-refractivity contribution in [3.05, 3.63) is 54.1 Å². The van der Waals surface area contributed by atoms with Gasteiger partial charge in [-0.1, -0.05) is 114 Å². The van der Waals surface area contributed by atoms with Gasteiger partial charge in [0.15, 0.2) is 0 Å². The maximum absolute atomic E-state index is 6.00. The summed E-state index contributed by atoms with van der Waals surface area (Å²) in [6.45, 7) is 8.33. The molecule has 0 N–H and O–H groups in total. The lowest BCUT2D eigenvalue weighted by Crippen LogP contribution is -2.01. The van der Waals surface area contributed by atoms with Crippen LogP contribution in [0, 0.1) is 0 Å². The van der Waals surface area contributed by atoms with Crippen molar-refractivity contribution >= 4 is 0 Å². The van der Waals surface area contributed by atoms with Gasteiger partial charge in [-0.15, -0.1) is 0 Å². The quantitative estimate of drug-likeness (QED) is 0.216. The number of rotatable bonds is 18. The molecule has 0 bridgehead atoms. The molecule has 0 radical (unpaired) electrons. The molecule has 0 aliphatic carbocycles. The van der Waals surface area contributed by atoms with E-state index >= 15 is 0 Å². The van der Waals surface area contributed by atoms with Crippen LogP contribution in [0.3, 0.4) is 0 Å². The lowest BCUT2D eigenvalue weighted by Gasteiger charge is -2.14. The summed E-state index contributed by atoms with van der Waals surface area (Å²) in [5, 5.41) is 0. The fourth-order valence-corrected chi connectivity index (χ4v) is 4.00. The van der Waals surface area contributed by atoms with Gasteiger partial charge in [-0.2, -0.15) is 0 Å². The van der Waals surface area contributed by atoms with Crippen LogP contribution in [-0.2, 0) is 4.74 Å². The van der Waals surface area contributed by atoms with E-state index in [4.69, 9.17) is 9.47 Å². The summed E-state index contributed by atoms with van der Waals surface area (Å²) in [7, 11) is 0. The second-order valence-corrected chi connectivity index (χ2v) is 9.04. The van der Waals surface area contributed by atoms with Gasteiger partial charge in [0.2, 0.25) is 0 Å². The summed E-state index contributed by atoms with van der Waals surface area (Å²) in [6.07, 6.45) is 15.8. The normalized spacial score (nSPS) is 12.1. The van der Waals surface area contributed by atoms with E-state index in [0.29, 0.717) is 0 Å². The Morgan fingerprint density at radius 1 is 0.562 bits per heavy atom. The van der Waals surface area contributed by atoms with Crippen LogP contribution in [-0.4, -0.2) is 13.2 Å². The first-order chi connectivity index (χ1) is 15.7. The highest BCUT2D eigenvalue weighted by molar-refractivity contribution is 5.64. The van der Waals surface area contributed by atoms with Crippen molar-refractivity contribution in [2.24, 2.45) is 0 Å². The van der Waals surface area contributed by atoms with E-state index in [2.05, 4.69) is 69.3 Å². The molecule has 1 unspecified atom stereocenters. The van der Waals surface area contributed by atoms with Gasteiger partial charge in [0.05, 0.1) is 12.7 Å². The van der Waals surface area contributed by atoms with Crippen molar-refractivity contribution < 1.29 is 9.47 Å². The van der Waals surface area contributed by atoms with Crippen molar-refractivity contribution in [3.63, 3.8) is 0 Å². The molecule has 2 aromatic carbocycles. The molecule has 0 aromatic heterocycles. The molecule has 0 heterocycles. The van der Waals surface area contributed by atoms with Gasteiger partial charge in [0.1, 0.15) is 5.75 Å². The van der Waals surface area contributed by atoms with E-state index in [1.54, 1.807) is 0 Å². The fourth-order valence-electron chi connectivity index (χ4n) is 4.00. The Kier molecular flexibility index (Phi) is 13.9. The first kappa shape index (κ1) is 26.5. The van der Waals surface area contributed by atoms with E-state index in [0.717, 1.165) is 31.8 Å². The molecule has 0 aliphatic heterocycles. The molecule has 1 atom stereocenters. The molecule has 0 aliphatic rings. The zero-order chi connectivity index (χ0) is 22.9. The standard InChI is InChI=1S/C30H46O2/c1-4-6-8-10-11-12-13-15-25-32-30-22-20-29(21-23-30)28-18-16-27(17-19-28)26(3)31-24-14-9-7-5-2/h16-23,26H,4-15,24-25H2,1-3H3. The predicted molar refractivity (Wildman–Crippen MR) is 138 cm³/mol. The first-order valence-electron chi connectivity index (χ1n) is 13.2. The maximum Gasteiger partial charge on any atom is 0.119 e. The molecule has 0 fully saturated rings. The summed E-state index contributed by atoms with van der Waals surface area (Å²) in [6, 6.07) is 17.3. The zero-order valence-corrected chi connectivity index (χ0v) is 20.9. The van der Waals surface area contributed by atoms with Crippen LogP contribution in [0.2, 0.25) is 0 Å². The average Bonchev–Trinajstić information content (AvgIpc) is 2.83. The second-order valence-electron chi connectivity index (χ2n) is 9.04. The van der Waals surface area contributed by atoms with E-state index in [1.165, 1.54) is 80.9 Å². The Morgan fingerprint density at radius 3 is 1.62 bits per heavy atom. The summed E-state index contributed by atoms with van der Waals surface area (Å²) < 4.78 is 11.9. The Labute approximate surface area is 197 Å². The minimum Gasteiger partial charge on any atom is -0.494 e. The number of hydrogen-bond donors (Lipinski definition) is 0. The Hall–Kier alpha value is -1.80. The van der Waals surface area contributed by atoms with E-state index in [9.17, 15) is 0 Å². The molecule has 2 nitrogen and oxygen atoms in total. The van der Waals surface area contributed by atoms with Gasteiger partial charge in [0, 0.05) is 6.61 Å². The predicted octanol–water partition coefficient (Wildman–Crippen LogP) is 9.53. The highest BCUT2D eigenvalue weighted by atomic mass is 16.5. The Balaban J connectivity index is 1.67. The Bertz CT molecular complexity index is 690. The molecule has 0 saturated carbocycles. The number of ether oxygens (including phenoxy) is 2. The minimum absolute atomic E-state index is 0.151. The summed E-state index contributed by atoms with van der Waals surface area (Å²) >= 11 is 0. The summed E-state index contributed by atoms with van der Waals surface area (Å²) in [4.78, 5) is 0. The average molecular weight is 439 g/mol.